The average molecular weight is 344 g/mol. The van der Waals surface area contributed by atoms with E-state index in [1.165, 1.54) is 30.3 Å². The van der Waals surface area contributed by atoms with Crippen molar-refractivity contribution in [1.82, 2.24) is 0 Å². The first-order valence-corrected chi connectivity index (χ1v) is 7.95. The Morgan fingerprint density at radius 3 is 2.50 bits per heavy atom. The minimum absolute atomic E-state index is 0.0490. The van der Waals surface area contributed by atoms with Crippen molar-refractivity contribution in [2.45, 2.75) is 16.6 Å². The molecule has 122 valence electrons. The van der Waals surface area contributed by atoms with E-state index in [-0.39, 0.29) is 17.7 Å². The zero-order chi connectivity index (χ0) is 17.3. The molecule has 1 atom stereocenters. The number of halogens is 1. The van der Waals surface area contributed by atoms with Crippen LogP contribution in [-0.4, -0.2) is 23.0 Å². The molecule has 0 bridgehead atoms. The minimum Gasteiger partial charge on any atom is -0.545 e. The zero-order valence-electron chi connectivity index (χ0n) is 12.3. The summed E-state index contributed by atoms with van der Waals surface area (Å²) in [6, 6.07) is 11.6. The molecule has 24 heavy (non-hydrogen) atoms. The van der Waals surface area contributed by atoms with Crippen LogP contribution in [0.4, 0.5) is 10.1 Å². The number of aromatic carboxylic acids is 1. The molecular weight excluding hydrogens is 333 g/mol. The van der Waals surface area contributed by atoms with Gasteiger partial charge in [0.25, 0.3) is 0 Å². The van der Waals surface area contributed by atoms with E-state index in [0.29, 0.717) is 4.90 Å². The molecule has 2 amide bonds. The first kappa shape index (κ1) is 16.2. The molecule has 0 aromatic heterocycles. The summed E-state index contributed by atoms with van der Waals surface area (Å²) in [5, 5.41) is 10.3. The van der Waals surface area contributed by atoms with Crippen molar-refractivity contribution in [3.05, 3.63) is 59.9 Å². The number of rotatable bonds is 4. The third kappa shape index (κ3) is 2.90. The second-order valence-corrected chi connectivity index (χ2v) is 6.36. The highest BCUT2D eigenvalue weighted by atomic mass is 32.2. The molecule has 1 saturated heterocycles. The van der Waals surface area contributed by atoms with Gasteiger partial charge in [-0.2, -0.15) is 0 Å². The second kappa shape index (κ2) is 6.45. The smallest absolute Gasteiger partial charge is 0.247 e. The molecule has 1 heterocycles. The van der Waals surface area contributed by atoms with Crippen molar-refractivity contribution >= 4 is 35.2 Å². The minimum atomic E-state index is -1.36. The van der Waals surface area contributed by atoms with Crippen molar-refractivity contribution in [2.24, 2.45) is 0 Å². The normalized spacial score (nSPS) is 17.4. The fraction of sp³-hybridized carbons (Fsp3) is 0.118. The maximum Gasteiger partial charge on any atom is 0.247 e. The summed E-state index contributed by atoms with van der Waals surface area (Å²) in [4.78, 5) is 36.9. The van der Waals surface area contributed by atoms with Crippen LogP contribution in [0, 0.1) is 5.82 Å². The number of carboxylic acids is 1. The van der Waals surface area contributed by atoms with Crippen LogP contribution < -0.4 is 10.0 Å². The van der Waals surface area contributed by atoms with Gasteiger partial charge >= 0.3 is 0 Å². The molecule has 1 aliphatic heterocycles. The number of hydrogen-bond donors (Lipinski definition) is 0. The van der Waals surface area contributed by atoms with E-state index in [1.54, 1.807) is 18.2 Å². The highest BCUT2D eigenvalue weighted by Gasteiger charge is 2.41. The summed E-state index contributed by atoms with van der Waals surface area (Å²) in [5.74, 6) is -3.11. The van der Waals surface area contributed by atoms with Gasteiger partial charge in [0.2, 0.25) is 11.8 Å². The maximum absolute atomic E-state index is 13.9. The number of thioether (sulfide) groups is 1. The van der Waals surface area contributed by atoms with Crippen molar-refractivity contribution in [3.8, 4) is 0 Å². The summed E-state index contributed by atoms with van der Waals surface area (Å²) in [7, 11) is 0. The van der Waals surface area contributed by atoms with Gasteiger partial charge in [0, 0.05) is 16.9 Å². The number of nitrogens with zero attached hydrogens (tertiary/aromatic N) is 1. The lowest BCUT2D eigenvalue weighted by Gasteiger charge is -2.16. The summed E-state index contributed by atoms with van der Waals surface area (Å²) >= 11 is 0.967. The number of amides is 2. The molecule has 1 fully saturated rings. The Morgan fingerprint density at radius 1 is 1.12 bits per heavy atom. The molecule has 1 aliphatic rings. The van der Waals surface area contributed by atoms with Crippen LogP contribution in [0.5, 0.6) is 0 Å². The van der Waals surface area contributed by atoms with Crippen LogP contribution in [0.1, 0.15) is 16.8 Å². The lowest BCUT2D eigenvalue weighted by molar-refractivity contribution is -0.255. The van der Waals surface area contributed by atoms with Crippen molar-refractivity contribution < 1.29 is 23.9 Å². The molecule has 2 aromatic rings. The van der Waals surface area contributed by atoms with Crippen LogP contribution in [0.25, 0.3) is 0 Å². The highest BCUT2D eigenvalue weighted by Crippen LogP contribution is 2.35. The number of carbonyl (C=O) groups excluding carboxylic acids is 3. The zero-order valence-corrected chi connectivity index (χ0v) is 13.1. The van der Waals surface area contributed by atoms with E-state index >= 15 is 0 Å². The van der Waals surface area contributed by atoms with Gasteiger partial charge in [0.05, 0.1) is 16.9 Å². The standard InChI is InChI=1S/C17H12FNO4S/c18-11-6-2-3-7-12(11)19-15(20)9-14(16(19)21)24-13-8-4-1-5-10(13)17(22)23/h1-8,14H,9H2,(H,22,23)/p-1/t14-/m1/s1. The molecule has 0 aliphatic carbocycles. The van der Waals surface area contributed by atoms with Gasteiger partial charge in [0.1, 0.15) is 5.82 Å². The van der Waals surface area contributed by atoms with E-state index in [4.69, 9.17) is 0 Å². The number of imide groups is 1. The summed E-state index contributed by atoms with van der Waals surface area (Å²) < 4.78 is 13.9. The van der Waals surface area contributed by atoms with Gasteiger partial charge in [-0.15, -0.1) is 11.8 Å². The van der Waals surface area contributed by atoms with E-state index in [2.05, 4.69) is 0 Å². The quantitative estimate of drug-likeness (QED) is 0.788. The third-order valence-corrected chi connectivity index (χ3v) is 4.84. The van der Waals surface area contributed by atoms with Gasteiger partial charge in [0.15, 0.2) is 0 Å². The second-order valence-electron chi connectivity index (χ2n) is 5.11. The Balaban J connectivity index is 1.88. The molecule has 0 radical (unpaired) electrons. The Kier molecular flexibility index (Phi) is 4.35. The van der Waals surface area contributed by atoms with Crippen LogP contribution in [-0.2, 0) is 9.59 Å². The van der Waals surface area contributed by atoms with E-state index in [9.17, 15) is 23.9 Å². The Hall–Kier alpha value is -2.67. The highest BCUT2D eigenvalue weighted by molar-refractivity contribution is 8.00. The van der Waals surface area contributed by atoms with E-state index in [0.717, 1.165) is 16.7 Å². The number of carbonyl (C=O) groups is 3. The largest absolute Gasteiger partial charge is 0.545 e. The summed E-state index contributed by atoms with van der Waals surface area (Å²) in [5.41, 5.74) is -0.143. The lowest BCUT2D eigenvalue weighted by Crippen LogP contribution is -2.32. The first-order chi connectivity index (χ1) is 11.5. The molecule has 0 spiro atoms. The molecule has 5 nitrogen and oxygen atoms in total. The van der Waals surface area contributed by atoms with Crippen LogP contribution in [0.15, 0.2) is 53.4 Å². The fourth-order valence-corrected chi connectivity index (χ4v) is 3.65. The topological polar surface area (TPSA) is 77.5 Å². The maximum atomic E-state index is 13.9. The average Bonchev–Trinajstić information content (AvgIpc) is 2.82. The van der Waals surface area contributed by atoms with Gasteiger partial charge in [-0.25, -0.2) is 9.29 Å². The Bertz CT molecular complexity index is 839. The lowest BCUT2D eigenvalue weighted by atomic mass is 10.2. The van der Waals surface area contributed by atoms with Gasteiger partial charge < -0.3 is 9.90 Å². The van der Waals surface area contributed by atoms with Gasteiger partial charge in [-0.3, -0.25) is 9.59 Å². The van der Waals surface area contributed by atoms with Crippen LogP contribution in [0.3, 0.4) is 0 Å². The van der Waals surface area contributed by atoms with Gasteiger partial charge in [-0.1, -0.05) is 30.3 Å². The van der Waals surface area contributed by atoms with Gasteiger partial charge in [-0.05, 0) is 18.2 Å². The molecular formula is C17H11FNO4S-. The molecule has 0 N–H and O–H groups in total. The predicted molar refractivity (Wildman–Crippen MR) is 83.9 cm³/mol. The fourth-order valence-electron chi connectivity index (χ4n) is 2.47. The predicted octanol–water partition coefficient (Wildman–Crippen LogP) is 1.61. The number of anilines is 1. The van der Waals surface area contributed by atoms with Crippen molar-refractivity contribution in [2.75, 3.05) is 4.90 Å². The van der Waals surface area contributed by atoms with E-state index in [1.807, 2.05) is 0 Å². The Labute approximate surface area is 141 Å². The number of carboxylic acid groups (broad SMARTS) is 1. The third-order valence-electron chi connectivity index (χ3n) is 3.57. The molecule has 3 rings (SSSR count). The monoisotopic (exact) mass is 344 g/mol. The first-order valence-electron chi connectivity index (χ1n) is 7.07. The number of para-hydroxylation sites is 1. The molecule has 2 aromatic carbocycles. The van der Waals surface area contributed by atoms with Crippen LogP contribution in [0.2, 0.25) is 0 Å². The van der Waals surface area contributed by atoms with Crippen molar-refractivity contribution in [3.63, 3.8) is 0 Å². The molecule has 7 heteroatoms. The summed E-state index contributed by atoms with van der Waals surface area (Å²) in [6.45, 7) is 0. The SMILES string of the molecule is O=C([O-])c1ccccc1S[C@@H]1CC(=O)N(c2ccccc2F)C1=O. The summed E-state index contributed by atoms with van der Waals surface area (Å²) in [6.07, 6.45) is -0.126. The molecule has 0 unspecified atom stereocenters. The number of benzene rings is 2. The van der Waals surface area contributed by atoms with Crippen molar-refractivity contribution in [1.29, 1.82) is 0 Å². The van der Waals surface area contributed by atoms with Crippen LogP contribution >= 0.6 is 11.8 Å². The molecule has 0 saturated carbocycles. The number of hydrogen-bond acceptors (Lipinski definition) is 5. The van der Waals surface area contributed by atoms with E-state index < -0.39 is 28.9 Å². The Morgan fingerprint density at radius 2 is 1.79 bits per heavy atom.